The number of nitrogens with zero attached hydrogens (tertiary/aromatic N) is 1. The Morgan fingerprint density at radius 2 is 1.49 bits per heavy atom. The van der Waals surface area contributed by atoms with Crippen molar-refractivity contribution in [3.8, 4) is 0 Å². The highest BCUT2D eigenvalue weighted by molar-refractivity contribution is 5.88. The third-order valence-electron chi connectivity index (χ3n) is 9.46. The van der Waals surface area contributed by atoms with Crippen LogP contribution in [-0.2, 0) is 24.6 Å². The quantitative estimate of drug-likeness (QED) is 0.196. The van der Waals surface area contributed by atoms with Gasteiger partial charge >= 0.3 is 12.1 Å². The van der Waals surface area contributed by atoms with Crippen LogP contribution in [0.25, 0.3) is 0 Å². The van der Waals surface area contributed by atoms with E-state index < -0.39 is 23.8 Å². The summed E-state index contributed by atoms with van der Waals surface area (Å²) in [4.78, 5) is 28.0. The monoisotopic (exact) mass is 590 g/mol. The fourth-order valence-electron chi connectivity index (χ4n) is 7.61. The summed E-state index contributed by atoms with van der Waals surface area (Å²) in [5.41, 5.74) is 0.127. The number of ether oxygens (including phenoxy) is 3. The van der Waals surface area contributed by atoms with Crippen molar-refractivity contribution in [3.63, 3.8) is 0 Å². The standard InChI is InChI=1S/C35H44NO5.CH4O/c1-4-14-27(15-5-2)26(3)39-34(38)41-35(28-16-8-6-9-17-28,29-18-10-7-11-19-29)33(37)40-32-24-30-20-21-31(25-32)36(30)22-12-13-23-36;1-2/h4,6-11,14-19,26,30-32H,5,12-13,20-25H2,1-3H3;2H,1H3/q+1;/b14-4-,27-15+;. The SMILES string of the molecule is C/C=C\C(=C/CC)C(C)OC(=O)OC(C(=O)OC1CC2CCC(C1)[N+]21CCCC1)(c1ccccc1)c1ccccc1.CO. The van der Waals surface area contributed by atoms with Crippen LogP contribution >= 0.6 is 0 Å². The molecule has 3 fully saturated rings. The third kappa shape index (κ3) is 6.73. The van der Waals surface area contributed by atoms with E-state index in [1.807, 2.05) is 99.7 Å². The van der Waals surface area contributed by atoms with Crippen molar-refractivity contribution in [3.05, 3.63) is 95.6 Å². The Hall–Kier alpha value is -3.42. The molecular weight excluding hydrogens is 542 g/mol. The van der Waals surface area contributed by atoms with Crippen molar-refractivity contribution in [2.24, 2.45) is 0 Å². The molecule has 3 saturated heterocycles. The molecule has 1 spiro atoms. The summed E-state index contributed by atoms with van der Waals surface area (Å²) >= 11 is 0. The molecule has 2 bridgehead atoms. The minimum Gasteiger partial charge on any atom is -0.458 e. The van der Waals surface area contributed by atoms with E-state index in [-0.39, 0.29) is 6.10 Å². The van der Waals surface area contributed by atoms with Crippen LogP contribution in [0.3, 0.4) is 0 Å². The van der Waals surface area contributed by atoms with Gasteiger partial charge in [-0.3, -0.25) is 0 Å². The number of quaternary nitrogens is 1. The van der Waals surface area contributed by atoms with Crippen LogP contribution in [0.5, 0.6) is 0 Å². The number of esters is 1. The van der Waals surface area contributed by atoms with E-state index in [4.69, 9.17) is 19.3 Å². The summed E-state index contributed by atoms with van der Waals surface area (Å²) < 4.78 is 19.5. The minimum absolute atomic E-state index is 0.205. The molecule has 0 saturated carbocycles. The van der Waals surface area contributed by atoms with E-state index in [0.717, 1.165) is 31.9 Å². The van der Waals surface area contributed by atoms with Gasteiger partial charge in [0, 0.05) is 56.8 Å². The Kier molecular flexibility index (Phi) is 11.2. The van der Waals surface area contributed by atoms with Crippen LogP contribution in [0.15, 0.2) is 84.5 Å². The normalized spacial score (nSPS) is 23.4. The summed E-state index contributed by atoms with van der Waals surface area (Å²) in [5, 5.41) is 7.00. The van der Waals surface area contributed by atoms with Gasteiger partial charge in [0.05, 0.1) is 25.2 Å². The van der Waals surface area contributed by atoms with Crippen molar-refractivity contribution in [2.45, 2.75) is 95.6 Å². The first-order valence-electron chi connectivity index (χ1n) is 15.8. The van der Waals surface area contributed by atoms with E-state index in [2.05, 4.69) is 0 Å². The molecule has 0 aromatic heterocycles. The number of aliphatic hydroxyl groups is 1. The Bertz CT molecular complexity index is 1200. The van der Waals surface area contributed by atoms with Crippen molar-refractivity contribution >= 4 is 12.1 Å². The average molecular weight is 591 g/mol. The maximum Gasteiger partial charge on any atom is 0.510 e. The number of rotatable bonds is 9. The Morgan fingerprint density at radius 3 is 1.98 bits per heavy atom. The van der Waals surface area contributed by atoms with Crippen LogP contribution < -0.4 is 0 Å². The van der Waals surface area contributed by atoms with Gasteiger partial charge in [0.15, 0.2) is 0 Å². The zero-order valence-corrected chi connectivity index (χ0v) is 26.1. The first-order chi connectivity index (χ1) is 20.9. The first-order valence-corrected chi connectivity index (χ1v) is 15.8. The molecule has 0 amide bonds. The summed E-state index contributed by atoms with van der Waals surface area (Å²) in [7, 11) is 1.00. The Labute approximate surface area is 256 Å². The lowest BCUT2D eigenvalue weighted by molar-refractivity contribution is -0.956. The minimum atomic E-state index is -1.80. The highest BCUT2D eigenvalue weighted by Gasteiger charge is 2.57. The van der Waals surface area contributed by atoms with Crippen LogP contribution in [0.2, 0.25) is 0 Å². The van der Waals surface area contributed by atoms with Gasteiger partial charge < -0.3 is 23.8 Å². The molecule has 5 rings (SSSR count). The molecular formula is C36H48NO6+. The number of hydrogen-bond donors (Lipinski definition) is 1. The number of hydrogen-bond acceptors (Lipinski definition) is 6. The molecule has 3 aliphatic rings. The molecule has 7 heteroatoms. The Balaban J connectivity index is 0.00000207. The molecule has 3 heterocycles. The van der Waals surface area contributed by atoms with Gasteiger partial charge in [-0.2, -0.15) is 0 Å². The van der Waals surface area contributed by atoms with E-state index in [1.165, 1.54) is 43.3 Å². The highest BCUT2D eigenvalue weighted by atomic mass is 16.7. The van der Waals surface area contributed by atoms with Crippen molar-refractivity contribution in [1.29, 1.82) is 0 Å². The molecule has 0 radical (unpaired) electrons. The van der Waals surface area contributed by atoms with Gasteiger partial charge in [-0.1, -0.05) is 85.8 Å². The lowest BCUT2D eigenvalue weighted by Crippen LogP contribution is -2.60. The molecule has 1 N–H and O–H groups in total. The van der Waals surface area contributed by atoms with E-state index in [1.54, 1.807) is 0 Å². The second kappa shape index (κ2) is 14.8. The lowest BCUT2D eigenvalue weighted by Gasteiger charge is -2.47. The van der Waals surface area contributed by atoms with Crippen molar-refractivity contribution in [2.75, 3.05) is 20.2 Å². The zero-order valence-electron chi connectivity index (χ0n) is 26.1. The molecule has 2 aromatic rings. The van der Waals surface area contributed by atoms with Crippen molar-refractivity contribution in [1.82, 2.24) is 0 Å². The topological polar surface area (TPSA) is 82.1 Å². The first kappa shape index (κ1) is 32.5. The summed E-state index contributed by atoms with van der Waals surface area (Å²) in [6.45, 7) is 8.27. The molecule has 2 aromatic carbocycles. The van der Waals surface area contributed by atoms with Crippen LogP contribution in [0.1, 0.15) is 76.8 Å². The van der Waals surface area contributed by atoms with Crippen molar-refractivity contribution < 1.29 is 33.4 Å². The highest BCUT2D eigenvalue weighted by Crippen LogP contribution is 2.47. The van der Waals surface area contributed by atoms with Crippen LogP contribution in [0, 0.1) is 0 Å². The number of piperidine rings is 1. The summed E-state index contributed by atoms with van der Waals surface area (Å²) in [5.74, 6) is -0.573. The van der Waals surface area contributed by atoms with E-state index in [0.29, 0.717) is 23.2 Å². The molecule has 3 aliphatic heterocycles. The van der Waals surface area contributed by atoms with E-state index >= 15 is 0 Å². The summed E-state index contributed by atoms with van der Waals surface area (Å²) in [6, 6.07) is 19.4. The number of aliphatic hydroxyl groups excluding tert-OH is 1. The average Bonchev–Trinajstić information content (AvgIpc) is 3.58. The Morgan fingerprint density at radius 1 is 0.953 bits per heavy atom. The molecule has 0 aliphatic carbocycles. The molecule has 3 atom stereocenters. The number of allylic oxidation sites excluding steroid dienone is 2. The van der Waals surface area contributed by atoms with Gasteiger partial charge in [-0.25, -0.2) is 9.59 Å². The number of carbonyl (C=O) groups excluding carboxylic acids is 2. The fourth-order valence-corrected chi connectivity index (χ4v) is 7.61. The number of benzene rings is 2. The predicted molar refractivity (Wildman–Crippen MR) is 167 cm³/mol. The molecule has 43 heavy (non-hydrogen) atoms. The van der Waals surface area contributed by atoms with E-state index in [9.17, 15) is 9.59 Å². The van der Waals surface area contributed by atoms with Gasteiger partial charge in [0.2, 0.25) is 0 Å². The molecule has 3 unspecified atom stereocenters. The lowest BCUT2D eigenvalue weighted by atomic mass is 9.85. The third-order valence-corrected chi connectivity index (χ3v) is 9.46. The maximum absolute atomic E-state index is 14.5. The maximum atomic E-state index is 14.5. The van der Waals surface area contributed by atoms with Gasteiger partial charge in [0.1, 0.15) is 12.2 Å². The number of carbonyl (C=O) groups is 2. The largest absolute Gasteiger partial charge is 0.510 e. The molecule has 7 nitrogen and oxygen atoms in total. The van der Waals surface area contributed by atoms with Crippen LogP contribution in [0.4, 0.5) is 4.79 Å². The predicted octanol–water partition coefficient (Wildman–Crippen LogP) is 6.84. The zero-order chi connectivity index (χ0) is 30.9. The van der Waals surface area contributed by atoms with Gasteiger partial charge in [-0.05, 0) is 25.8 Å². The fraction of sp³-hybridized carbons (Fsp3) is 0.500. The second-order valence-electron chi connectivity index (χ2n) is 11.8. The van der Waals surface area contributed by atoms with Gasteiger partial charge in [-0.15, -0.1) is 0 Å². The van der Waals surface area contributed by atoms with Crippen LogP contribution in [-0.4, -0.2) is 66.2 Å². The second-order valence-corrected chi connectivity index (χ2v) is 11.8. The molecule has 232 valence electrons. The smallest absolute Gasteiger partial charge is 0.458 e. The summed E-state index contributed by atoms with van der Waals surface area (Å²) in [6.07, 6.45) is 11.7. The van der Waals surface area contributed by atoms with Gasteiger partial charge in [0.25, 0.3) is 5.60 Å².